The summed E-state index contributed by atoms with van der Waals surface area (Å²) in [5, 5.41) is 0.672. The number of benzene rings is 1. The van der Waals surface area contributed by atoms with Crippen LogP contribution in [0, 0.1) is 0 Å². The van der Waals surface area contributed by atoms with Crippen molar-refractivity contribution in [2.45, 2.75) is 24.6 Å². The number of oxazole rings is 1. The molecule has 2 N–H and O–H groups in total. The summed E-state index contributed by atoms with van der Waals surface area (Å²) in [4.78, 5) is 4.05. The van der Waals surface area contributed by atoms with Gasteiger partial charge in [-0.25, -0.2) is 4.98 Å². The lowest BCUT2D eigenvalue weighted by molar-refractivity contribution is 0.454. The molecule has 0 amide bonds. The number of hydrogen-bond donors (Lipinski definition) is 1. The minimum Gasteiger partial charge on any atom is -0.440 e. The van der Waals surface area contributed by atoms with Crippen molar-refractivity contribution in [3.8, 4) is 0 Å². The van der Waals surface area contributed by atoms with Crippen LogP contribution in [0.4, 0.5) is 0 Å². The molecule has 0 saturated heterocycles. The number of rotatable bonds is 5. The highest BCUT2D eigenvalue weighted by molar-refractivity contribution is 7.99. The molecule has 17 heavy (non-hydrogen) atoms. The van der Waals surface area contributed by atoms with Gasteiger partial charge in [0.1, 0.15) is 6.26 Å². The third-order valence-electron chi connectivity index (χ3n) is 2.61. The summed E-state index contributed by atoms with van der Waals surface area (Å²) >= 11 is 1.54. The Morgan fingerprint density at radius 2 is 2.12 bits per heavy atom. The van der Waals surface area contributed by atoms with Crippen LogP contribution in [0.5, 0.6) is 0 Å². The van der Waals surface area contributed by atoms with E-state index in [0.29, 0.717) is 5.22 Å². The molecule has 0 spiro atoms. The predicted octanol–water partition coefficient (Wildman–Crippen LogP) is 3.03. The monoisotopic (exact) mass is 248 g/mol. The summed E-state index contributed by atoms with van der Waals surface area (Å²) in [7, 11) is 0. The van der Waals surface area contributed by atoms with Gasteiger partial charge >= 0.3 is 0 Å². The zero-order valence-electron chi connectivity index (χ0n) is 9.80. The first-order chi connectivity index (χ1) is 8.29. The van der Waals surface area contributed by atoms with Crippen LogP contribution in [0.1, 0.15) is 24.1 Å². The lowest BCUT2D eigenvalue weighted by Crippen LogP contribution is -2.12. The maximum Gasteiger partial charge on any atom is 0.255 e. The molecule has 0 fully saturated rings. The normalized spacial score (nSPS) is 12.6. The zero-order valence-corrected chi connectivity index (χ0v) is 10.6. The van der Waals surface area contributed by atoms with Crippen molar-refractivity contribution >= 4 is 11.8 Å². The molecule has 4 heteroatoms. The minimum absolute atomic E-state index is 0.0119. The van der Waals surface area contributed by atoms with Crippen LogP contribution in [0.25, 0.3) is 0 Å². The largest absolute Gasteiger partial charge is 0.440 e. The maximum absolute atomic E-state index is 6.11. The first-order valence-corrected chi connectivity index (χ1v) is 6.65. The van der Waals surface area contributed by atoms with Gasteiger partial charge in [-0.05, 0) is 17.5 Å². The van der Waals surface area contributed by atoms with Gasteiger partial charge in [0, 0.05) is 11.8 Å². The van der Waals surface area contributed by atoms with Crippen molar-refractivity contribution < 1.29 is 4.42 Å². The van der Waals surface area contributed by atoms with Gasteiger partial charge in [-0.2, -0.15) is 0 Å². The van der Waals surface area contributed by atoms with Crippen molar-refractivity contribution in [2.24, 2.45) is 5.73 Å². The van der Waals surface area contributed by atoms with Gasteiger partial charge in [-0.15, -0.1) is 0 Å². The van der Waals surface area contributed by atoms with E-state index in [2.05, 4.69) is 36.2 Å². The Morgan fingerprint density at radius 3 is 2.71 bits per heavy atom. The molecule has 0 radical (unpaired) electrons. The van der Waals surface area contributed by atoms with E-state index in [4.69, 9.17) is 10.2 Å². The second-order valence-corrected chi connectivity index (χ2v) is 4.78. The van der Waals surface area contributed by atoms with E-state index in [0.717, 1.165) is 17.7 Å². The van der Waals surface area contributed by atoms with Crippen LogP contribution in [0.2, 0.25) is 0 Å². The van der Waals surface area contributed by atoms with Gasteiger partial charge in [-0.3, -0.25) is 0 Å². The SMILES string of the molecule is CCc1ccc(C(N)CSc2ncco2)cc1. The highest BCUT2D eigenvalue weighted by Gasteiger charge is 2.08. The number of aryl methyl sites for hydroxylation is 1. The van der Waals surface area contributed by atoms with Crippen molar-refractivity contribution in [3.63, 3.8) is 0 Å². The van der Waals surface area contributed by atoms with E-state index in [9.17, 15) is 0 Å². The molecule has 1 aromatic heterocycles. The van der Waals surface area contributed by atoms with Crippen molar-refractivity contribution in [1.82, 2.24) is 4.98 Å². The van der Waals surface area contributed by atoms with Crippen molar-refractivity contribution in [3.05, 3.63) is 47.9 Å². The average Bonchev–Trinajstić information content (AvgIpc) is 2.89. The fraction of sp³-hybridized carbons (Fsp3) is 0.308. The molecule has 0 bridgehead atoms. The molecule has 1 unspecified atom stereocenters. The summed E-state index contributed by atoms with van der Waals surface area (Å²) < 4.78 is 5.15. The summed E-state index contributed by atoms with van der Waals surface area (Å²) in [6.07, 6.45) is 4.27. The lowest BCUT2D eigenvalue weighted by atomic mass is 10.1. The Labute approximate surface area is 105 Å². The molecule has 3 nitrogen and oxygen atoms in total. The van der Waals surface area contributed by atoms with Crippen LogP contribution in [-0.4, -0.2) is 10.7 Å². The van der Waals surface area contributed by atoms with E-state index >= 15 is 0 Å². The Hall–Kier alpha value is -1.26. The lowest BCUT2D eigenvalue weighted by Gasteiger charge is -2.10. The second kappa shape index (κ2) is 5.89. The van der Waals surface area contributed by atoms with Crippen LogP contribution in [0.3, 0.4) is 0 Å². The average molecular weight is 248 g/mol. The quantitative estimate of drug-likeness (QED) is 0.826. The highest BCUT2D eigenvalue weighted by atomic mass is 32.2. The van der Waals surface area contributed by atoms with Crippen LogP contribution in [-0.2, 0) is 6.42 Å². The smallest absolute Gasteiger partial charge is 0.255 e. The third-order valence-corrected chi connectivity index (χ3v) is 3.59. The van der Waals surface area contributed by atoms with E-state index in [1.54, 1.807) is 12.5 Å². The minimum atomic E-state index is 0.0119. The number of thioether (sulfide) groups is 1. The molecule has 0 aliphatic heterocycles. The molecular formula is C13H16N2OS. The summed E-state index contributed by atoms with van der Waals surface area (Å²) in [5.41, 5.74) is 8.60. The van der Waals surface area contributed by atoms with Crippen LogP contribution >= 0.6 is 11.8 Å². The Kier molecular flexibility index (Phi) is 4.23. The predicted molar refractivity (Wildman–Crippen MR) is 70.0 cm³/mol. The molecule has 0 aliphatic rings. The van der Waals surface area contributed by atoms with Crippen molar-refractivity contribution in [2.75, 3.05) is 5.75 Å². The van der Waals surface area contributed by atoms with Crippen molar-refractivity contribution in [1.29, 1.82) is 0 Å². The fourth-order valence-electron chi connectivity index (χ4n) is 1.54. The molecule has 0 saturated carbocycles. The van der Waals surface area contributed by atoms with Crippen LogP contribution < -0.4 is 5.73 Å². The van der Waals surface area contributed by atoms with E-state index in [1.807, 2.05) is 0 Å². The molecule has 90 valence electrons. The van der Waals surface area contributed by atoms with Gasteiger partial charge in [0.2, 0.25) is 0 Å². The Bertz CT molecular complexity index is 439. The standard InChI is InChI=1S/C13H16N2OS/c1-2-10-3-5-11(6-4-10)12(14)9-17-13-15-7-8-16-13/h3-8,12H,2,9,14H2,1H3. The van der Waals surface area contributed by atoms with E-state index in [-0.39, 0.29) is 6.04 Å². The summed E-state index contributed by atoms with van der Waals surface area (Å²) in [6, 6.07) is 8.47. The number of aromatic nitrogens is 1. The summed E-state index contributed by atoms with van der Waals surface area (Å²) in [6.45, 7) is 2.15. The number of nitrogens with zero attached hydrogens (tertiary/aromatic N) is 1. The Morgan fingerprint density at radius 1 is 1.35 bits per heavy atom. The van der Waals surface area contributed by atoms with Crippen LogP contribution in [0.15, 0.2) is 46.4 Å². The zero-order chi connectivity index (χ0) is 12.1. The third kappa shape index (κ3) is 3.35. The number of nitrogens with two attached hydrogens (primary N) is 1. The molecule has 2 aromatic rings. The summed E-state index contributed by atoms with van der Waals surface area (Å²) in [5.74, 6) is 0.770. The fourth-order valence-corrected chi connectivity index (χ4v) is 2.31. The topological polar surface area (TPSA) is 52.0 Å². The van der Waals surface area contributed by atoms with E-state index < -0.39 is 0 Å². The van der Waals surface area contributed by atoms with Gasteiger partial charge in [-0.1, -0.05) is 43.0 Å². The van der Waals surface area contributed by atoms with Gasteiger partial charge in [0.05, 0.1) is 6.20 Å². The number of hydrogen-bond acceptors (Lipinski definition) is 4. The molecule has 1 heterocycles. The molecule has 1 atom stereocenters. The van der Waals surface area contributed by atoms with Gasteiger partial charge < -0.3 is 10.2 Å². The maximum atomic E-state index is 6.11. The molecule has 1 aromatic carbocycles. The van der Waals surface area contributed by atoms with E-state index in [1.165, 1.54) is 17.3 Å². The molecular weight excluding hydrogens is 232 g/mol. The second-order valence-electron chi connectivity index (χ2n) is 3.81. The first-order valence-electron chi connectivity index (χ1n) is 5.66. The highest BCUT2D eigenvalue weighted by Crippen LogP contribution is 2.22. The first kappa shape index (κ1) is 12.2. The van der Waals surface area contributed by atoms with Gasteiger partial charge in [0.15, 0.2) is 0 Å². The van der Waals surface area contributed by atoms with Gasteiger partial charge in [0.25, 0.3) is 5.22 Å². The molecule has 2 rings (SSSR count). The molecule has 0 aliphatic carbocycles. The Balaban J connectivity index is 1.92.